The van der Waals surface area contributed by atoms with Crippen molar-refractivity contribution in [1.29, 1.82) is 0 Å². The highest BCUT2D eigenvalue weighted by Crippen LogP contribution is 2.26. The highest BCUT2D eigenvalue weighted by atomic mass is 35.5. The van der Waals surface area contributed by atoms with Gasteiger partial charge in [0.2, 0.25) is 11.8 Å². The second-order valence-electron chi connectivity index (χ2n) is 8.67. The molecule has 0 saturated heterocycles. The number of amides is 2. The summed E-state index contributed by atoms with van der Waals surface area (Å²) in [6.45, 7) is 2.90. The minimum Gasteiger partial charge on any atom is -0.354 e. The molecule has 3 rings (SSSR count). The van der Waals surface area contributed by atoms with E-state index in [0.29, 0.717) is 33.8 Å². The standard InChI is InChI=1S/C29H31Cl3N2O2S/c1-2-3-16-33-29(36)27(19-21-7-5-4-6-8-21)34(20-22-9-14-25(31)26(32)18-22)28(35)15-17-37-24-12-10-23(30)11-13-24/h4-14,18,27H,2-3,15-17,19-20H2,1H3,(H,33,36)/t27-/m1/s1. The van der Waals surface area contributed by atoms with Gasteiger partial charge in [-0.3, -0.25) is 9.59 Å². The first-order valence-corrected chi connectivity index (χ1v) is 14.4. The van der Waals surface area contributed by atoms with Crippen LogP contribution in [0.5, 0.6) is 0 Å². The highest BCUT2D eigenvalue weighted by Gasteiger charge is 2.30. The molecule has 1 N–H and O–H groups in total. The highest BCUT2D eigenvalue weighted by molar-refractivity contribution is 7.99. The summed E-state index contributed by atoms with van der Waals surface area (Å²) in [6.07, 6.45) is 2.54. The van der Waals surface area contributed by atoms with Gasteiger partial charge < -0.3 is 10.2 Å². The lowest BCUT2D eigenvalue weighted by molar-refractivity contribution is -0.141. The van der Waals surface area contributed by atoms with Crippen LogP contribution in [0.1, 0.15) is 37.3 Å². The molecular weight excluding hydrogens is 547 g/mol. The number of carbonyl (C=O) groups is 2. The van der Waals surface area contributed by atoms with E-state index in [0.717, 1.165) is 28.9 Å². The Hall–Kier alpha value is -2.18. The van der Waals surface area contributed by atoms with E-state index in [4.69, 9.17) is 34.8 Å². The van der Waals surface area contributed by atoms with E-state index in [1.54, 1.807) is 28.8 Å². The molecular formula is C29H31Cl3N2O2S. The lowest BCUT2D eigenvalue weighted by Crippen LogP contribution is -2.50. The van der Waals surface area contributed by atoms with Crippen molar-refractivity contribution in [2.75, 3.05) is 12.3 Å². The van der Waals surface area contributed by atoms with Gasteiger partial charge in [-0.15, -0.1) is 11.8 Å². The van der Waals surface area contributed by atoms with Crippen LogP contribution in [-0.2, 0) is 22.6 Å². The third-order valence-electron chi connectivity index (χ3n) is 5.84. The van der Waals surface area contributed by atoms with Gasteiger partial charge in [0.15, 0.2) is 0 Å². The SMILES string of the molecule is CCCCNC(=O)[C@@H](Cc1ccccc1)N(Cc1ccc(Cl)c(Cl)c1)C(=O)CCSc1ccc(Cl)cc1. The minimum absolute atomic E-state index is 0.0980. The van der Waals surface area contributed by atoms with Crippen LogP contribution < -0.4 is 5.32 Å². The van der Waals surface area contributed by atoms with E-state index in [2.05, 4.69) is 12.2 Å². The van der Waals surface area contributed by atoms with Gasteiger partial charge in [0, 0.05) is 41.6 Å². The average molecular weight is 578 g/mol. The molecule has 3 aromatic carbocycles. The Morgan fingerprint density at radius 2 is 1.65 bits per heavy atom. The quantitative estimate of drug-likeness (QED) is 0.167. The second kappa shape index (κ2) is 15.3. The molecule has 0 aliphatic heterocycles. The fraction of sp³-hybridized carbons (Fsp3) is 0.310. The van der Waals surface area contributed by atoms with Crippen LogP contribution in [0, 0.1) is 0 Å². The van der Waals surface area contributed by atoms with Crippen LogP contribution >= 0.6 is 46.6 Å². The molecule has 0 bridgehead atoms. The van der Waals surface area contributed by atoms with E-state index in [1.807, 2.05) is 60.7 Å². The molecule has 1 atom stereocenters. The maximum absolute atomic E-state index is 13.7. The molecule has 0 saturated carbocycles. The molecule has 37 heavy (non-hydrogen) atoms. The van der Waals surface area contributed by atoms with Crippen molar-refractivity contribution in [3.8, 4) is 0 Å². The van der Waals surface area contributed by atoms with Gasteiger partial charge in [0.05, 0.1) is 10.0 Å². The van der Waals surface area contributed by atoms with E-state index in [-0.39, 0.29) is 24.8 Å². The van der Waals surface area contributed by atoms with E-state index >= 15 is 0 Å². The number of hydrogen-bond acceptors (Lipinski definition) is 3. The number of thioether (sulfide) groups is 1. The molecule has 0 radical (unpaired) electrons. The smallest absolute Gasteiger partial charge is 0.243 e. The number of halogens is 3. The third-order valence-corrected chi connectivity index (χ3v) is 7.84. The predicted molar refractivity (Wildman–Crippen MR) is 156 cm³/mol. The van der Waals surface area contributed by atoms with Crippen LogP contribution in [0.3, 0.4) is 0 Å². The Balaban J connectivity index is 1.84. The Labute approximate surface area is 238 Å². The number of rotatable bonds is 13. The Morgan fingerprint density at radius 1 is 0.919 bits per heavy atom. The summed E-state index contributed by atoms with van der Waals surface area (Å²) in [4.78, 5) is 29.8. The molecule has 0 aliphatic rings. The molecule has 3 aromatic rings. The van der Waals surface area contributed by atoms with Gasteiger partial charge >= 0.3 is 0 Å². The summed E-state index contributed by atoms with van der Waals surface area (Å²) in [5.41, 5.74) is 1.80. The first-order chi connectivity index (χ1) is 17.9. The maximum atomic E-state index is 13.7. The fourth-order valence-corrected chi connectivity index (χ4v) is 5.11. The zero-order valence-corrected chi connectivity index (χ0v) is 23.8. The molecule has 0 fully saturated rings. The number of unbranched alkanes of at least 4 members (excludes halogenated alkanes) is 1. The first kappa shape index (κ1) is 29.4. The van der Waals surface area contributed by atoms with Crippen molar-refractivity contribution in [3.05, 3.63) is 99.0 Å². The van der Waals surface area contributed by atoms with Gasteiger partial charge in [-0.25, -0.2) is 0 Å². The number of nitrogens with one attached hydrogen (secondary N) is 1. The van der Waals surface area contributed by atoms with Gasteiger partial charge in [0.25, 0.3) is 0 Å². The lowest BCUT2D eigenvalue weighted by Gasteiger charge is -2.31. The van der Waals surface area contributed by atoms with Crippen molar-refractivity contribution in [2.45, 2.75) is 50.1 Å². The fourth-order valence-electron chi connectivity index (χ4n) is 3.83. The third kappa shape index (κ3) is 9.57. The summed E-state index contributed by atoms with van der Waals surface area (Å²) in [5.74, 6) is 0.323. The van der Waals surface area contributed by atoms with Gasteiger partial charge in [-0.2, -0.15) is 0 Å². The predicted octanol–water partition coefficient (Wildman–Crippen LogP) is 7.69. The molecule has 0 aliphatic carbocycles. The Kier molecular flexibility index (Phi) is 12.1. The molecule has 0 spiro atoms. The number of hydrogen-bond donors (Lipinski definition) is 1. The van der Waals surface area contributed by atoms with Crippen molar-refractivity contribution in [2.24, 2.45) is 0 Å². The summed E-state index contributed by atoms with van der Waals surface area (Å²) < 4.78 is 0. The van der Waals surface area contributed by atoms with Gasteiger partial charge in [-0.05, 0) is 53.9 Å². The van der Waals surface area contributed by atoms with Gasteiger partial charge in [0.1, 0.15) is 6.04 Å². The minimum atomic E-state index is -0.665. The number of carbonyl (C=O) groups excluding carboxylic acids is 2. The van der Waals surface area contributed by atoms with Crippen molar-refractivity contribution >= 4 is 58.4 Å². The summed E-state index contributed by atoms with van der Waals surface area (Å²) in [6, 6.07) is 21.9. The summed E-state index contributed by atoms with van der Waals surface area (Å²) >= 11 is 20.0. The summed E-state index contributed by atoms with van der Waals surface area (Å²) in [5, 5.41) is 4.57. The van der Waals surface area contributed by atoms with Crippen LogP contribution in [0.4, 0.5) is 0 Å². The molecule has 2 amide bonds. The maximum Gasteiger partial charge on any atom is 0.243 e. The molecule has 0 unspecified atom stereocenters. The largest absolute Gasteiger partial charge is 0.354 e. The summed E-state index contributed by atoms with van der Waals surface area (Å²) in [7, 11) is 0. The van der Waals surface area contributed by atoms with Crippen LogP contribution in [-0.4, -0.2) is 35.1 Å². The molecule has 0 heterocycles. The lowest BCUT2D eigenvalue weighted by atomic mass is 10.0. The number of nitrogens with zero attached hydrogens (tertiary/aromatic N) is 1. The first-order valence-electron chi connectivity index (χ1n) is 12.3. The second-order valence-corrected chi connectivity index (χ2v) is 11.1. The average Bonchev–Trinajstić information content (AvgIpc) is 2.90. The topological polar surface area (TPSA) is 49.4 Å². The van der Waals surface area contributed by atoms with E-state index in [9.17, 15) is 9.59 Å². The normalized spacial score (nSPS) is 11.7. The zero-order valence-electron chi connectivity index (χ0n) is 20.8. The van der Waals surface area contributed by atoms with Crippen molar-refractivity contribution in [1.82, 2.24) is 10.2 Å². The van der Waals surface area contributed by atoms with Crippen LogP contribution in [0.25, 0.3) is 0 Å². The Morgan fingerprint density at radius 3 is 2.32 bits per heavy atom. The molecule has 8 heteroatoms. The molecule has 4 nitrogen and oxygen atoms in total. The van der Waals surface area contributed by atoms with E-state index in [1.165, 1.54) is 0 Å². The van der Waals surface area contributed by atoms with Crippen LogP contribution in [0.2, 0.25) is 15.1 Å². The van der Waals surface area contributed by atoms with E-state index < -0.39 is 6.04 Å². The van der Waals surface area contributed by atoms with Crippen molar-refractivity contribution < 1.29 is 9.59 Å². The Bertz CT molecular complexity index is 1160. The zero-order chi connectivity index (χ0) is 26.6. The molecule has 0 aromatic heterocycles. The van der Waals surface area contributed by atoms with Crippen molar-refractivity contribution in [3.63, 3.8) is 0 Å². The number of benzene rings is 3. The van der Waals surface area contributed by atoms with Crippen LogP contribution in [0.15, 0.2) is 77.7 Å². The van der Waals surface area contributed by atoms with Gasteiger partial charge in [-0.1, -0.05) is 84.5 Å². The monoisotopic (exact) mass is 576 g/mol. The molecule has 196 valence electrons.